The minimum Gasteiger partial charge on any atom is -0.336 e. The van der Waals surface area contributed by atoms with Gasteiger partial charge in [0.25, 0.3) is 0 Å². The third kappa shape index (κ3) is 5.84. The Morgan fingerprint density at radius 2 is 1.72 bits per heavy atom. The summed E-state index contributed by atoms with van der Waals surface area (Å²) in [6.07, 6.45) is 0.107. The summed E-state index contributed by atoms with van der Waals surface area (Å²) in [4.78, 5) is 37.2. The van der Waals surface area contributed by atoms with E-state index in [0.29, 0.717) is 11.3 Å². The molecule has 2 rings (SSSR count). The number of hydrogen-bond donors (Lipinski definition) is 1. The zero-order valence-electron chi connectivity index (χ0n) is 13.9. The highest BCUT2D eigenvalue weighted by Crippen LogP contribution is 2.09. The second-order valence-corrected chi connectivity index (χ2v) is 5.60. The Bertz CT molecular complexity index is 762. The summed E-state index contributed by atoms with van der Waals surface area (Å²) >= 11 is 0. The summed E-state index contributed by atoms with van der Waals surface area (Å²) in [6, 6.07) is 14.2. The fraction of sp³-hybridized carbons (Fsp3) is 0.211. The normalized spacial score (nSPS) is 10.2. The molecular weight excluding hydrogens is 323 g/mol. The van der Waals surface area contributed by atoms with Gasteiger partial charge in [0.05, 0.1) is 6.54 Å². The third-order valence-electron chi connectivity index (χ3n) is 3.58. The Labute approximate surface area is 145 Å². The van der Waals surface area contributed by atoms with Crippen molar-refractivity contribution in [3.05, 3.63) is 66.0 Å². The fourth-order valence-corrected chi connectivity index (χ4v) is 2.25. The van der Waals surface area contributed by atoms with Crippen molar-refractivity contribution >= 4 is 23.3 Å². The maximum absolute atomic E-state index is 13.1. The van der Waals surface area contributed by atoms with Gasteiger partial charge in [-0.1, -0.05) is 36.4 Å². The Morgan fingerprint density at radius 1 is 1.00 bits per heavy atom. The Hall–Kier alpha value is -3.02. The van der Waals surface area contributed by atoms with E-state index in [-0.39, 0.29) is 31.1 Å². The summed E-state index contributed by atoms with van der Waals surface area (Å²) < 4.78 is 13.1. The summed E-state index contributed by atoms with van der Waals surface area (Å²) in [5, 5.41) is 2.52. The molecule has 0 spiro atoms. The number of nitrogens with zero attached hydrogens (tertiary/aromatic N) is 1. The summed E-state index contributed by atoms with van der Waals surface area (Å²) in [6.45, 7) is -0.172. The van der Waals surface area contributed by atoms with Crippen molar-refractivity contribution < 1.29 is 18.8 Å². The molecule has 0 heterocycles. The van der Waals surface area contributed by atoms with Gasteiger partial charge in [0.15, 0.2) is 5.78 Å². The maximum Gasteiger partial charge on any atom is 0.243 e. The molecule has 2 aromatic carbocycles. The monoisotopic (exact) mass is 342 g/mol. The van der Waals surface area contributed by atoms with E-state index in [1.54, 1.807) is 30.3 Å². The number of carbonyl (C=O) groups is 3. The molecule has 2 amide bonds. The lowest BCUT2D eigenvalue weighted by Crippen LogP contribution is -2.35. The number of nitrogens with one attached hydrogen (secondary N) is 1. The van der Waals surface area contributed by atoms with Crippen LogP contribution in [-0.2, 0) is 9.59 Å². The van der Waals surface area contributed by atoms with Crippen molar-refractivity contribution in [2.24, 2.45) is 0 Å². The minimum absolute atomic E-state index is 0.0253. The second kappa shape index (κ2) is 8.73. The molecule has 0 aliphatic carbocycles. The molecule has 0 saturated carbocycles. The van der Waals surface area contributed by atoms with Gasteiger partial charge in [-0.3, -0.25) is 14.4 Å². The molecule has 2 aromatic rings. The number of carbonyl (C=O) groups excluding carboxylic acids is 3. The van der Waals surface area contributed by atoms with E-state index in [1.807, 2.05) is 6.07 Å². The first kappa shape index (κ1) is 18.3. The topological polar surface area (TPSA) is 66.5 Å². The molecular formula is C19H19FN2O3. The SMILES string of the molecule is CN(CC(=O)Nc1cccc(F)c1)C(=O)CCC(=O)c1ccccc1. The molecule has 0 unspecified atom stereocenters. The minimum atomic E-state index is -0.457. The van der Waals surface area contributed by atoms with Crippen LogP contribution in [0.15, 0.2) is 54.6 Å². The predicted octanol–water partition coefficient (Wildman–Crippen LogP) is 2.89. The van der Waals surface area contributed by atoms with Gasteiger partial charge in [-0.25, -0.2) is 4.39 Å². The number of rotatable bonds is 7. The Morgan fingerprint density at radius 3 is 2.40 bits per heavy atom. The molecule has 0 bridgehead atoms. The highest BCUT2D eigenvalue weighted by atomic mass is 19.1. The molecule has 6 heteroatoms. The van der Waals surface area contributed by atoms with Crippen molar-refractivity contribution in [3.8, 4) is 0 Å². The first-order valence-electron chi connectivity index (χ1n) is 7.83. The number of likely N-dealkylation sites (N-methyl/N-ethyl adjacent to an activating group) is 1. The number of ketones is 1. The van der Waals surface area contributed by atoms with Gasteiger partial charge in [0.2, 0.25) is 11.8 Å². The van der Waals surface area contributed by atoms with Crippen molar-refractivity contribution in [2.45, 2.75) is 12.8 Å². The number of Topliss-reactive ketones (excluding diaryl/α,β-unsaturated/α-hetero) is 1. The summed E-state index contributed by atoms with van der Waals surface area (Å²) in [5.41, 5.74) is 0.881. The van der Waals surface area contributed by atoms with Crippen molar-refractivity contribution in [3.63, 3.8) is 0 Å². The van der Waals surface area contributed by atoms with Crippen molar-refractivity contribution in [2.75, 3.05) is 18.9 Å². The van der Waals surface area contributed by atoms with E-state index in [1.165, 1.54) is 30.1 Å². The average Bonchev–Trinajstić information content (AvgIpc) is 2.59. The van der Waals surface area contributed by atoms with Gasteiger partial charge in [-0.15, -0.1) is 0 Å². The van der Waals surface area contributed by atoms with E-state index >= 15 is 0 Å². The molecule has 25 heavy (non-hydrogen) atoms. The first-order valence-corrected chi connectivity index (χ1v) is 7.83. The van der Waals surface area contributed by atoms with E-state index in [9.17, 15) is 18.8 Å². The largest absolute Gasteiger partial charge is 0.336 e. The number of anilines is 1. The van der Waals surface area contributed by atoms with Crippen LogP contribution in [0.5, 0.6) is 0 Å². The van der Waals surface area contributed by atoms with E-state index in [2.05, 4.69) is 5.32 Å². The zero-order chi connectivity index (χ0) is 18.2. The molecule has 1 N–H and O–H groups in total. The molecule has 0 atom stereocenters. The van der Waals surface area contributed by atoms with Crippen molar-refractivity contribution in [1.29, 1.82) is 0 Å². The molecule has 5 nitrogen and oxygen atoms in total. The molecule has 130 valence electrons. The summed E-state index contributed by atoms with van der Waals surface area (Å²) in [7, 11) is 1.49. The molecule has 0 aliphatic heterocycles. The van der Waals surface area contributed by atoms with Crippen LogP contribution in [0.2, 0.25) is 0 Å². The first-order chi connectivity index (χ1) is 12.0. The lowest BCUT2D eigenvalue weighted by atomic mass is 10.1. The highest BCUT2D eigenvalue weighted by Gasteiger charge is 2.15. The number of halogens is 1. The van der Waals surface area contributed by atoms with Crippen molar-refractivity contribution in [1.82, 2.24) is 4.90 Å². The Kier molecular flexibility index (Phi) is 6.39. The van der Waals surface area contributed by atoms with Crippen LogP contribution in [0.4, 0.5) is 10.1 Å². The van der Waals surface area contributed by atoms with Gasteiger partial charge in [-0.2, -0.15) is 0 Å². The van der Waals surface area contributed by atoms with E-state index < -0.39 is 11.7 Å². The third-order valence-corrected chi connectivity index (χ3v) is 3.58. The van der Waals surface area contributed by atoms with E-state index in [4.69, 9.17) is 0 Å². The Balaban J connectivity index is 1.79. The maximum atomic E-state index is 13.1. The molecule has 0 aromatic heterocycles. The lowest BCUT2D eigenvalue weighted by molar-refractivity contribution is -0.133. The molecule has 0 radical (unpaired) electrons. The van der Waals surface area contributed by atoms with Crippen LogP contribution in [-0.4, -0.2) is 36.1 Å². The smallest absolute Gasteiger partial charge is 0.243 e. The van der Waals surface area contributed by atoms with E-state index in [0.717, 1.165) is 0 Å². The van der Waals surface area contributed by atoms with Crippen LogP contribution in [0.25, 0.3) is 0 Å². The van der Waals surface area contributed by atoms with Gasteiger partial charge >= 0.3 is 0 Å². The predicted molar refractivity (Wildman–Crippen MR) is 92.7 cm³/mol. The highest BCUT2D eigenvalue weighted by molar-refractivity contribution is 5.98. The van der Waals surface area contributed by atoms with Gasteiger partial charge < -0.3 is 10.2 Å². The van der Waals surface area contributed by atoms with Crippen LogP contribution < -0.4 is 5.32 Å². The van der Waals surface area contributed by atoms with Crippen LogP contribution >= 0.6 is 0 Å². The quantitative estimate of drug-likeness (QED) is 0.787. The summed E-state index contributed by atoms with van der Waals surface area (Å²) in [5.74, 6) is -1.32. The number of benzene rings is 2. The average molecular weight is 342 g/mol. The van der Waals surface area contributed by atoms with Gasteiger partial charge in [0, 0.05) is 31.1 Å². The molecule has 0 saturated heterocycles. The zero-order valence-corrected chi connectivity index (χ0v) is 13.9. The second-order valence-electron chi connectivity index (χ2n) is 5.60. The van der Waals surface area contributed by atoms with Crippen LogP contribution in [0.1, 0.15) is 23.2 Å². The molecule has 0 aliphatic rings. The van der Waals surface area contributed by atoms with Gasteiger partial charge in [0.1, 0.15) is 5.82 Å². The molecule has 0 fully saturated rings. The standard InChI is InChI=1S/C19H19FN2O3/c1-22(13-18(24)21-16-9-5-8-15(20)12-16)19(25)11-10-17(23)14-6-3-2-4-7-14/h2-9,12H,10-11,13H2,1H3,(H,21,24). The lowest BCUT2D eigenvalue weighted by Gasteiger charge is -2.16. The fourth-order valence-electron chi connectivity index (χ4n) is 2.25. The van der Waals surface area contributed by atoms with Crippen LogP contribution in [0, 0.1) is 5.82 Å². The number of amides is 2. The van der Waals surface area contributed by atoms with Crippen LogP contribution in [0.3, 0.4) is 0 Å². The number of hydrogen-bond acceptors (Lipinski definition) is 3. The van der Waals surface area contributed by atoms with Gasteiger partial charge in [-0.05, 0) is 18.2 Å².